The first-order valence-corrected chi connectivity index (χ1v) is 7.06. The van der Waals surface area contributed by atoms with Gasteiger partial charge >= 0.3 is 0 Å². The Balaban J connectivity index is 2.15. The van der Waals surface area contributed by atoms with Crippen molar-refractivity contribution in [3.05, 3.63) is 24.3 Å². The normalized spacial score (nSPS) is 18.3. The molecular weight excluding hydrogens is 248 g/mol. The summed E-state index contributed by atoms with van der Waals surface area (Å²) in [6, 6.07) is 8.28. The number of rotatable bonds is 4. The summed E-state index contributed by atoms with van der Waals surface area (Å²) in [5.41, 5.74) is 2.97. The molecular formula is C13H18N2O2S. The molecule has 0 saturated heterocycles. The van der Waals surface area contributed by atoms with Gasteiger partial charge < -0.3 is 4.90 Å². The number of hydrogen-bond donors (Lipinski definition) is 2. The predicted octanol–water partition coefficient (Wildman–Crippen LogP) is 2.27. The maximum atomic E-state index is 11.3. The van der Waals surface area contributed by atoms with Gasteiger partial charge in [0.05, 0.1) is 5.69 Å². The molecule has 2 rings (SSSR count). The Morgan fingerprint density at radius 3 is 3.06 bits per heavy atom. The maximum Gasteiger partial charge on any atom is 0.244 e. The van der Waals surface area contributed by atoms with Crippen molar-refractivity contribution in [3.63, 3.8) is 0 Å². The van der Waals surface area contributed by atoms with E-state index in [4.69, 9.17) is 5.21 Å². The van der Waals surface area contributed by atoms with Crippen LogP contribution < -0.4 is 10.4 Å². The summed E-state index contributed by atoms with van der Waals surface area (Å²) in [6.45, 7) is 4.00. The second-order valence-corrected chi connectivity index (χ2v) is 5.73. The highest BCUT2D eigenvalue weighted by atomic mass is 32.2. The van der Waals surface area contributed by atoms with E-state index in [1.807, 2.05) is 12.1 Å². The molecule has 98 valence electrons. The van der Waals surface area contributed by atoms with E-state index in [0.717, 1.165) is 19.5 Å². The number of amides is 1. The third kappa shape index (κ3) is 2.97. The first kappa shape index (κ1) is 13.2. The molecule has 18 heavy (non-hydrogen) atoms. The number of carbonyl (C=O) groups excluding carboxylic acids is 1. The van der Waals surface area contributed by atoms with E-state index in [1.54, 1.807) is 17.2 Å². The van der Waals surface area contributed by atoms with Gasteiger partial charge in [-0.2, -0.15) is 0 Å². The van der Waals surface area contributed by atoms with E-state index in [0.29, 0.717) is 6.42 Å². The maximum absolute atomic E-state index is 11.3. The van der Waals surface area contributed by atoms with Gasteiger partial charge in [0.15, 0.2) is 0 Å². The highest BCUT2D eigenvalue weighted by Crippen LogP contribution is 2.39. The van der Waals surface area contributed by atoms with E-state index in [-0.39, 0.29) is 11.2 Å². The second-order valence-electron chi connectivity index (χ2n) is 4.39. The molecule has 1 heterocycles. The Bertz CT molecular complexity index is 425. The summed E-state index contributed by atoms with van der Waals surface area (Å²) in [6.07, 6.45) is 1.42. The standard InChI is InChI=1S/C13H18N2O2S/c1-2-7-15-9-10(8-13(16)14-17)18-12-6-4-3-5-11(12)15/h3-6,10,17H,2,7-9H2,1H3,(H,14,16). The third-order valence-electron chi connectivity index (χ3n) is 2.95. The molecule has 4 nitrogen and oxygen atoms in total. The van der Waals surface area contributed by atoms with Crippen LogP contribution in [0.4, 0.5) is 5.69 Å². The molecule has 0 saturated carbocycles. The lowest BCUT2D eigenvalue weighted by atomic mass is 10.2. The van der Waals surface area contributed by atoms with Gasteiger partial charge in [-0.3, -0.25) is 10.0 Å². The minimum Gasteiger partial charge on any atom is -0.370 e. The first-order valence-electron chi connectivity index (χ1n) is 6.18. The molecule has 1 aliphatic heterocycles. The van der Waals surface area contributed by atoms with Crippen LogP contribution in [0.1, 0.15) is 19.8 Å². The fourth-order valence-corrected chi connectivity index (χ4v) is 3.54. The van der Waals surface area contributed by atoms with Crippen molar-refractivity contribution in [3.8, 4) is 0 Å². The van der Waals surface area contributed by atoms with E-state index >= 15 is 0 Å². The van der Waals surface area contributed by atoms with Crippen LogP contribution in [0.3, 0.4) is 0 Å². The summed E-state index contributed by atoms with van der Waals surface area (Å²) >= 11 is 1.72. The summed E-state index contributed by atoms with van der Waals surface area (Å²) in [5, 5.41) is 8.80. The molecule has 0 fully saturated rings. The fraction of sp³-hybridized carbons (Fsp3) is 0.462. The van der Waals surface area contributed by atoms with Crippen molar-refractivity contribution in [1.29, 1.82) is 0 Å². The molecule has 0 radical (unpaired) electrons. The average molecular weight is 266 g/mol. The van der Waals surface area contributed by atoms with Crippen molar-refractivity contribution in [2.75, 3.05) is 18.0 Å². The lowest BCUT2D eigenvalue weighted by Crippen LogP contribution is -2.37. The third-order valence-corrected chi connectivity index (χ3v) is 4.20. The summed E-state index contributed by atoms with van der Waals surface area (Å²) in [7, 11) is 0. The largest absolute Gasteiger partial charge is 0.370 e. The number of fused-ring (bicyclic) bond motifs is 1. The second kappa shape index (κ2) is 6.11. The monoisotopic (exact) mass is 266 g/mol. The van der Waals surface area contributed by atoms with E-state index in [2.05, 4.69) is 24.0 Å². The quantitative estimate of drug-likeness (QED) is 0.648. The zero-order chi connectivity index (χ0) is 13.0. The Hall–Kier alpha value is -1.20. The number of thioether (sulfide) groups is 1. The smallest absolute Gasteiger partial charge is 0.244 e. The number of hydroxylamine groups is 1. The summed E-state index contributed by atoms with van der Waals surface area (Å²) in [5.74, 6) is -0.316. The molecule has 0 aliphatic carbocycles. The van der Waals surface area contributed by atoms with Crippen LogP contribution >= 0.6 is 11.8 Å². The topological polar surface area (TPSA) is 52.6 Å². The van der Waals surface area contributed by atoms with Crippen molar-refractivity contribution >= 4 is 23.4 Å². The molecule has 0 aromatic heterocycles. The number of hydrogen-bond acceptors (Lipinski definition) is 4. The number of nitrogens with zero attached hydrogens (tertiary/aromatic N) is 1. The van der Waals surface area contributed by atoms with Gasteiger partial charge in [0.1, 0.15) is 0 Å². The molecule has 1 amide bonds. The molecule has 0 bridgehead atoms. The fourth-order valence-electron chi connectivity index (χ4n) is 2.22. The summed E-state index contributed by atoms with van der Waals surface area (Å²) in [4.78, 5) is 14.8. The molecule has 1 aromatic rings. The molecule has 1 aromatic carbocycles. The minimum atomic E-state index is -0.316. The van der Waals surface area contributed by atoms with Crippen molar-refractivity contribution in [2.45, 2.75) is 29.9 Å². The van der Waals surface area contributed by atoms with Crippen LogP contribution in [-0.4, -0.2) is 29.5 Å². The van der Waals surface area contributed by atoms with Crippen molar-refractivity contribution in [1.82, 2.24) is 5.48 Å². The SMILES string of the molecule is CCCN1CC(CC(=O)NO)Sc2ccccc21. The molecule has 2 N–H and O–H groups in total. The molecule has 1 aliphatic rings. The van der Waals surface area contributed by atoms with Gasteiger partial charge in [0, 0.05) is 29.7 Å². The van der Waals surface area contributed by atoms with Gasteiger partial charge in [-0.25, -0.2) is 5.48 Å². The Labute approximate surface area is 111 Å². The predicted molar refractivity (Wildman–Crippen MR) is 73.1 cm³/mol. The van der Waals surface area contributed by atoms with E-state index in [9.17, 15) is 4.79 Å². The number of anilines is 1. The molecule has 1 atom stereocenters. The number of carbonyl (C=O) groups is 1. The Morgan fingerprint density at radius 1 is 1.56 bits per heavy atom. The van der Waals surface area contributed by atoms with Gasteiger partial charge in [0.2, 0.25) is 5.91 Å². The van der Waals surface area contributed by atoms with Gasteiger partial charge in [-0.05, 0) is 18.6 Å². The summed E-state index contributed by atoms with van der Waals surface area (Å²) < 4.78 is 0. The highest BCUT2D eigenvalue weighted by molar-refractivity contribution is 8.00. The average Bonchev–Trinajstić information content (AvgIpc) is 2.39. The molecule has 5 heteroatoms. The lowest BCUT2D eigenvalue weighted by Gasteiger charge is -2.35. The molecule has 1 unspecified atom stereocenters. The van der Waals surface area contributed by atoms with Crippen LogP contribution in [0.5, 0.6) is 0 Å². The van der Waals surface area contributed by atoms with Crippen LogP contribution in [0.15, 0.2) is 29.2 Å². The van der Waals surface area contributed by atoms with E-state index in [1.165, 1.54) is 10.6 Å². The van der Waals surface area contributed by atoms with Crippen molar-refractivity contribution in [2.24, 2.45) is 0 Å². The van der Waals surface area contributed by atoms with Crippen LogP contribution in [0, 0.1) is 0 Å². The minimum absolute atomic E-state index is 0.193. The van der Waals surface area contributed by atoms with Gasteiger partial charge in [-0.15, -0.1) is 11.8 Å². The lowest BCUT2D eigenvalue weighted by molar-refractivity contribution is -0.129. The van der Waals surface area contributed by atoms with Gasteiger partial charge in [-0.1, -0.05) is 19.1 Å². The highest BCUT2D eigenvalue weighted by Gasteiger charge is 2.25. The van der Waals surface area contributed by atoms with Crippen LogP contribution in [0.25, 0.3) is 0 Å². The Morgan fingerprint density at radius 2 is 2.33 bits per heavy atom. The van der Waals surface area contributed by atoms with Crippen molar-refractivity contribution < 1.29 is 10.0 Å². The number of para-hydroxylation sites is 1. The number of nitrogens with one attached hydrogen (secondary N) is 1. The van der Waals surface area contributed by atoms with Crippen LogP contribution in [0.2, 0.25) is 0 Å². The van der Waals surface area contributed by atoms with Crippen LogP contribution in [-0.2, 0) is 4.79 Å². The number of benzene rings is 1. The molecule has 0 spiro atoms. The first-order chi connectivity index (χ1) is 8.74. The Kier molecular flexibility index (Phi) is 4.49. The van der Waals surface area contributed by atoms with Gasteiger partial charge in [0.25, 0.3) is 0 Å². The van der Waals surface area contributed by atoms with E-state index < -0.39 is 0 Å². The zero-order valence-electron chi connectivity index (χ0n) is 10.4. The zero-order valence-corrected chi connectivity index (χ0v) is 11.2.